The summed E-state index contributed by atoms with van der Waals surface area (Å²) in [6.07, 6.45) is 7.51. The zero-order valence-corrected chi connectivity index (χ0v) is 9.98. The van der Waals surface area contributed by atoms with Crippen LogP contribution in [0.1, 0.15) is 62.6 Å². The van der Waals surface area contributed by atoms with Crippen LogP contribution in [0.25, 0.3) is 0 Å². The van der Waals surface area contributed by atoms with Crippen LogP contribution in [-0.4, -0.2) is 16.4 Å². The third kappa shape index (κ3) is 1.88. The van der Waals surface area contributed by atoms with Gasteiger partial charge in [-0.2, -0.15) is 5.10 Å². The molecule has 1 aromatic heterocycles. The average Bonchev–Trinajstić information content (AvgIpc) is 3.10. The lowest BCUT2D eigenvalue weighted by Gasteiger charge is -2.24. The minimum atomic E-state index is 0.205. The van der Waals surface area contributed by atoms with Crippen molar-refractivity contribution in [3.8, 4) is 0 Å². The predicted molar refractivity (Wildman–Crippen MR) is 62.4 cm³/mol. The van der Waals surface area contributed by atoms with Gasteiger partial charge in [-0.25, -0.2) is 4.68 Å². The van der Waals surface area contributed by atoms with Gasteiger partial charge in [0.2, 0.25) is 0 Å². The number of ether oxygens (including phenoxy) is 1. The largest absolute Gasteiger partial charge is 0.357 e. The van der Waals surface area contributed by atoms with Crippen molar-refractivity contribution in [2.75, 3.05) is 6.61 Å². The molecule has 0 spiro atoms. The average molecular weight is 220 g/mol. The van der Waals surface area contributed by atoms with Gasteiger partial charge in [0.1, 0.15) is 6.23 Å². The van der Waals surface area contributed by atoms with Gasteiger partial charge in [-0.1, -0.05) is 6.92 Å². The molecular weight excluding hydrogens is 200 g/mol. The summed E-state index contributed by atoms with van der Waals surface area (Å²) in [5, 5.41) is 4.76. The molecule has 0 bridgehead atoms. The number of aryl methyl sites for hydroxylation is 1. The van der Waals surface area contributed by atoms with E-state index in [1.54, 1.807) is 0 Å². The molecule has 3 heteroatoms. The molecule has 0 radical (unpaired) electrons. The van der Waals surface area contributed by atoms with Crippen LogP contribution in [0.15, 0.2) is 6.07 Å². The number of rotatable bonds is 3. The summed E-state index contributed by atoms with van der Waals surface area (Å²) < 4.78 is 7.97. The van der Waals surface area contributed by atoms with E-state index >= 15 is 0 Å². The highest BCUT2D eigenvalue weighted by Crippen LogP contribution is 2.40. The molecule has 88 valence electrons. The molecule has 1 aliphatic carbocycles. The van der Waals surface area contributed by atoms with Gasteiger partial charge in [-0.3, -0.25) is 0 Å². The van der Waals surface area contributed by atoms with Crippen molar-refractivity contribution in [1.82, 2.24) is 9.78 Å². The summed E-state index contributed by atoms with van der Waals surface area (Å²) in [6.45, 7) is 3.10. The van der Waals surface area contributed by atoms with E-state index in [-0.39, 0.29) is 6.23 Å². The highest BCUT2D eigenvalue weighted by atomic mass is 16.5. The molecule has 0 N–H and O–H groups in total. The Morgan fingerprint density at radius 1 is 1.38 bits per heavy atom. The zero-order chi connectivity index (χ0) is 11.0. The van der Waals surface area contributed by atoms with Crippen molar-refractivity contribution in [3.63, 3.8) is 0 Å². The van der Waals surface area contributed by atoms with E-state index in [2.05, 4.69) is 17.7 Å². The lowest BCUT2D eigenvalue weighted by Crippen LogP contribution is -2.20. The van der Waals surface area contributed by atoms with Gasteiger partial charge >= 0.3 is 0 Å². The minimum Gasteiger partial charge on any atom is -0.357 e. The van der Waals surface area contributed by atoms with Gasteiger partial charge in [0, 0.05) is 18.2 Å². The number of hydrogen-bond acceptors (Lipinski definition) is 2. The molecule has 1 unspecified atom stereocenters. The third-order valence-electron chi connectivity index (χ3n) is 3.62. The van der Waals surface area contributed by atoms with E-state index in [9.17, 15) is 0 Å². The molecule has 2 fully saturated rings. The lowest BCUT2D eigenvalue weighted by atomic mass is 10.2. The second-order valence-electron chi connectivity index (χ2n) is 4.95. The molecule has 16 heavy (non-hydrogen) atoms. The standard InChI is InChI=1S/C13H20N2O/c1-2-11-9-12(10-6-7-10)14-15(11)13-5-3-4-8-16-13/h9-10,13H,2-8H2,1H3. The first-order valence-electron chi connectivity index (χ1n) is 6.58. The summed E-state index contributed by atoms with van der Waals surface area (Å²) in [6, 6.07) is 2.29. The second-order valence-corrected chi connectivity index (χ2v) is 4.95. The fourth-order valence-electron chi connectivity index (χ4n) is 2.46. The third-order valence-corrected chi connectivity index (χ3v) is 3.62. The Morgan fingerprint density at radius 3 is 2.88 bits per heavy atom. The molecule has 3 rings (SSSR count). The maximum absolute atomic E-state index is 5.82. The smallest absolute Gasteiger partial charge is 0.150 e. The first-order chi connectivity index (χ1) is 7.88. The van der Waals surface area contributed by atoms with Crippen molar-refractivity contribution < 1.29 is 4.74 Å². The maximum atomic E-state index is 5.82. The first-order valence-corrected chi connectivity index (χ1v) is 6.58. The Hall–Kier alpha value is -0.830. The van der Waals surface area contributed by atoms with Gasteiger partial charge in [0.15, 0.2) is 0 Å². The zero-order valence-electron chi connectivity index (χ0n) is 9.98. The molecule has 1 saturated carbocycles. The van der Waals surface area contributed by atoms with E-state index < -0.39 is 0 Å². The lowest BCUT2D eigenvalue weighted by molar-refractivity contribution is -0.0412. The van der Waals surface area contributed by atoms with Crippen molar-refractivity contribution in [3.05, 3.63) is 17.5 Å². The van der Waals surface area contributed by atoms with Crippen molar-refractivity contribution >= 4 is 0 Å². The first kappa shape index (κ1) is 10.3. The van der Waals surface area contributed by atoms with Crippen LogP contribution in [0.4, 0.5) is 0 Å². The van der Waals surface area contributed by atoms with Crippen molar-refractivity contribution in [2.45, 2.75) is 57.6 Å². The van der Waals surface area contributed by atoms with E-state index in [0.717, 1.165) is 25.4 Å². The Morgan fingerprint density at radius 2 is 2.25 bits per heavy atom. The van der Waals surface area contributed by atoms with Crippen LogP contribution < -0.4 is 0 Å². The fourth-order valence-corrected chi connectivity index (χ4v) is 2.46. The Bertz CT molecular complexity index is 362. The monoisotopic (exact) mass is 220 g/mol. The molecule has 2 heterocycles. The number of hydrogen-bond donors (Lipinski definition) is 0. The number of nitrogens with zero attached hydrogens (tertiary/aromatic N) is 2. The summed E-state index contributed by atoms with van der Waals surface area (Å²) in [5.41, 5.74) is 2.64. The summed E-state index contributed by atoms with van der Waals surface area (Å²) in [7, 11) is 0. The van der Waals surface area contributed by atoms with Crippen molar-refractivity contribution in [2.24, 2.45) is 0 Å². The highest BCUT2D eigenvalue weighted by Gasteiger charge is 2.28. The molecule has 1 aromatic rings. The number of aromatic nitrogens is 2. The van der Waals surface area contributed by atoms with Crippen LogP contribution in [-0.2, 0) is 11.2 Å². The minimum absolute atomic E-state index is 0.205. The summed E-state index contributed by atoms with van der Waals surface area (Å²) in [4.78, 5) is 0. The Balaban J connectivity index is 1.85. The van der Waals surface area contributed by atoms with Gasteiger partial charge in [0.25, 0.3) is 0 Å². The van der Waals surface area contributed by atoms with Gasteiger partial charge in [-0.05, 0) is 44.6 Å². The van der Waals surface area contributed by atoms with Gasteiger partial charge in [0.05, 0.1) is 5.69 Å². The van der Waals surface area contributed by atoms with Crippen LogP contribution in [0.2, 0.25) is 0 Å². The van der Waals surface area contributed by atoms with Crippen LogP contribution in [0.3, 0.4) is 0 Å². The summed E-state index contributed by atoms with van der Waals surface area (Å²) in [5.74, 6) is 0.746. The van der Waals surface area contributed by atoms with Gasteiger partial charge < -0.3 is 4.74 Å². The van der Waals surface area contributed by atoms with Crippen LogP contribution >= 0.6 is 0 Å². The summed E-state index contributed by atoms with van der Waals surface area (Å²) >= 11 is 0. The molecule has 1 saturated heterocycles. The topological polar surface area (TPSA) is 27.1 Å². The van der Waals surface area contributed by atoms with E-state index in [1.807, 2.05) is 0 Å². The predicted octanol–water partition coefficient (Wildman–Crippen LogP) is 3.02. The molecular formula is C13H20N2O. The van der Waals surface area contributed by atoms with E-state index in [4.69, 9.17) is 9.84 Å². The van der Waals surface area contributed by atoms with Crippen LogP contribution in [0.5, 0.6) is 0 Å². The van der Waals surface area contributed by atoms with Crippen molar-refractivity contribution in [1.29, 1.82) is 0 Å². The van der Waals surface area contributed by atoms with E-state index in [1.165, 1.54) is 37.1 Å². The molecule has 3 nitrogen and oxygen atoms in total. The quantitative estimate of drug-likeness (QED) is 0.783. The molecule has 0 amide bonds. The molecule has 1 aliphatic heterocycles. The van der Waals surface area contributed by atoms with E-state index in [0.29, 0.717) is 0 Å². The van der Waals surface area contributed by atoms with Gasteiger partial charge in [-0.15, -0.1) is 0 Å². The Labute approximate surface area is 96.8 Å². The molecule has 2 aliphatic rings. The normalized spacial score (nSPS) is 25.9. The molecule has 0 aromatic carbocycles. The Kier molecular flexibility index (Phi) is 2.72. The highest BCUT2D eigenvalue weighted by molar-refractivity contribution is 5.19. The molecule has 1 atom stereocenters. The fraction of sp³-hybridized carbons (Fsp3) is 0.769. The van der Waals surface area contributed by atoms with Crippen LogP contribution in [0, 0.1) is 0 Å². The second kappa shape index (κ2) is 4.21. The maximum Gasteiger partial charge on any atom is 0.150 e. The SMILES string of the molecule is CCc1cc(C2CC2)nn1C1CCCCO1.